The molecule has 0 aromatic heterocycles. The van der Waals surface area contributed by atoms with Gasteiger partial charge in [0.1, 0.15) is 7.85 Å². The van der Waals surface area contributed by atoms with Crippen LogP contribution in [0.15, 0.2) is 52.7 Å². The summed E-state index contributed by atoms with van der Waals surface area (Å²) >= 11 is 0. The minimum atomic E-state index is 0.0783. The first-order valence-electron chi connectivity index (χ1n) is 9.00. The lowest BCUT2D eigenvalue weighted by Gasteiger charge is -2.39. The van der Waals surface area contributed by atoms with Gasteiger partial charge in [0.2, 0.25) is 5.96 Å². The second-order valence-electron chi connectivity index (χ2n) is 6.32. The van der Waals surface area contributed by atoms with E-state index in [4.69, 9.17) is 7.85 Å². The van der Waals surface area contributed by atoms with Gasteiger partial charge >= 0.3 is 0 Å². The van der Waals surface area contributed by atoms with Crippen LogP contribution in [0.5, 0.6) is 0 Å². The number of nitrogens with zero attached hydrogens (tertiary/aromatic N) is 3. The molecule has 1 aliphatic carbocycles. The molecular formula is C20H24BN3O. The van der Waals surface area contributed by atoms with Crippen LogP contribution in [0.4, 0.5) is 0 Å². The Labute approximate surface area is 151 Å². The maximum Gasteiger partial charge on any atom is 0.258 e. The van der Waals surface area contributed by atoms with Crippen LogP contribution < -0.4 is 5.46 Å². The fraction of sp³-hybridized carbons (Fsp3) is 0.400. The molecule has 128 valence electrons. The van der Waals surface area contributed by atoms with Crippen LogP contribution in [0.25, 0.3) is 0 Å². The maximum atomic E-state index is 13.0. The van der Waals surface area contributed by atoms with E-state index in [0.717, 1.165) is 59.8 Å². The van der Waals surface area contributed by atoms with Crippen LogP contribution in [-0.4, -0.2) is 42.6 Å². The number of carbonyl (C=O) groups is 1. The Morgan fingerprint density at radius 2 is 1.92 bits per heavy atom. The van der Waals surface area contributed by atoms with Crippen LogP contribution in [0.3, 0.4) is 0 Å². The Bertz CT molecular complexity index is 749. The maximum absolute atomic E-state index is 13.0. The van der Waals surface area contributed by atoms with E-state index in [0.29, 0.717) is 13.0 Å². The van der Waals surface area contributed by atoms with Crippen molar-refractivity contribution in [3.8, 4) is 0 Å². The van der Waals surface area contributed by atoms with Crippen LogP contribution in [0.2, 0.25) is 0 Å². The number of rotatable bonds is 2. The highest BCUT2D eigenvalue weighted by atomic mass is 16.2. The van der Waals surface area contributed by atoms with E-state index in [1.165, 1.54) is 0 Å². The summed E-state index contributed by atoms with van der Waals surface area (Å²) in [5, 5.41) is 0. The summed E-state index contributed by atoms with van der Waals surface area (Å²) in [6.07, 6.45) is 2.55. The zero-order valence-corrected chi connectivity index (χ0v) is 15.1. The Morgan fingerprint density at radius 1 is 1.20 bits per heavy atom. The zero-order chi connectivity index (χ0) is 18.0. The lowest BCUT2D eigenvalue weighted by atomic mass is 9.89. The molecule has 0 saturated carbocycles. The topological polar surface area (TPSA) is 35.9 Å². The minimum absolute atomic E-state index is 0.0783. The van der Waals surface area contributed by atoms with Crippen LogP contribution >= 0.6 is 0 Å². The van der Waals surface area contributed by atoms with E-state index in [9.17, 15) is 4.79 Å². The summed E-state index contributed by atoms with van der Waals surface area (Å²) in [4.78, 5) is 21.6. The Balaban J connectivity index is 0.000000880. The third kappa shape index (κ3) is 3.28. The van der Waals surface area contributed by atoms with Crippen molar-refractivity contribution in [2.24, 2.45) is 4.99 Å². The van der Waals surface area contributed by atoms with Crippen molar-refractivity contribution in [3.05, 3.63) is 53.3 Å². The molecule has 1 amide bonds. The van der Waals surface area contributed by atoms with Crippen molar-refractivity contribution in [2.75, 3.05) is 13.1 Å². The summed E-state index contributed by atoms with van der Waals surface area (Å²) in [6.45, 7) is 10.2. The van der Waals surface area contributed by atoms with Crippen LogP contribution in [0.1, 0.15) is 38.7 Å². The first-order chi connectivity index (χ1) is 12.1. The zero-order valence-electron chi connectivity index (χ0n) is 15.1. The van der Waals surface area contributed by atoms with Crippen molar-refractivity contribution in [3.63, 3.8) is 0 Å². The van der Waals surface area contributed by atoms with Gasteiger partial charge in [0, 0.05) is 24.2 Å². The smallest absolute Gasteiger partial charge is 0.258 e. The predicted octanol–water partition coefficient (Wildman–Crippen LogP) is 2.51. The van der Waals surface area contributed by atoms with E-state index in [1.807, 2.05) is 38.1 Å². The van der Waals surface area contributed by atoms with Crippen LogP contribution in [-0.2, 0) is 11.3 Å². The van der Waals surface area contributed by atoms with E-state index in [1.54, 1.807) is 4.90 Å². The summed E-state index contributed by atoms with van der Waals surface area (Å²) in [6, 6.07) is 7.66. The molecule has 4 nitrogen and oxygen atoms in total. The third-order valence-corrected chi connectivity index (χ3v) is 4.70. The van der Waals surface area contributed by atoms with Gasteiger partial charge < -0.3 is 4.90 Å². The van der Waals surface area contributed by atoms with Crippen molar-refractivity contribution < 1.29 is 4.79 Å². The monoisotopic (exact) mass is 333 g/mol. The molecule has 2 radical (unpaired) electrons. The van der Waals surface area contributed by atoms with Gasteiger partial charge in [-0.05, 0) is 18.4 Å². The average Bonchev–Trinajstić information content (AvgIpc) is 3.11. The number of amides is 1. The molecule has 2 heterocycles. The van der Waals surface area contributed by atoms with Gasteiger partial charge in [-0.1, -0.05) is 55.7 Å². The van der Waals surface area contributed by atoms with Gasteiger partial charge in [-0.15, -0.1) is 0 Å². The number of guanidine groups is 1. The second-order valence-corrected chi connectivity index (χ2v) is 6.32. The molecule has 0 bridgehead atoms. The normalized spacial score (nSPS) is 19.2. The highest BCUT2D eigenvalue weighted by molar-refractivity contribution is 6.32. The third-order valence-electron chi connectivity index (χ3n) is 4.70. The molecule has 3 aliphatic rings. The van der Waals surface area contributed by atoms with Gasteiger partial charge in [0.05, 0.1) is 13.1 Å². The van der Waals surface area contributed by atoms with Crippen molar-refractivity contribution in [1.82, 2.24) is 9.80 Å². The molecule has 0 N–H and O–H groups in total. The molecule has 2 aliphatic heterocycles. The van der Waals surface area contributed by atoms with E-state index >= 15 is 0 Å². The van der Waals surface area contributed by atoms with Gasteiger partial charge in [0.15, 0.2) is 0 Å². The lowest BCUT2D eigenvalue weighted by Crippen LogP contribution is -2.50. The molecule has 25 heavy (non-hydrogen) atoms. The quantitative estimate of drug-likeness (QED) is 0.616. The van der Waals surface area contributed by atoms with E-state index < -0.39 is 0 Å². The summed E-state index contributed by atoms with van der Waals surface area (Å²) < 4.78 is 0. The molecule has 1 aromatic carbocycles. The molecule has 1 aromatic rings. The summed E-state index contributed by atoms with van der Waals surface area (Å²) in [5.41, 5.74) is 4.99. The van der Waals surface area contributed by atoms with E-state index in [-0.39, 0.29) is 5.91 Å². The molecule has 5 heteroatoms. The highest BCUT2D eigenvalue weighted by Gasteiger charge is 2.39. The Morgan fingerprint density at radius 3 is 2.64 bits per heavy atom. The number of benzene rings is 1. The molecular weight excluding hydrogens is 309 g/mol. The van der Waals surface area contributed by atoms with Gasteiger partial charge in [0.25, 0.3) is 5.91 Å². The highest BCUT2D eigenvalue weighted by Crippen LogP contribution is 2.36. The fourth-order valence-electron chi connectivity index (χ4n) is 3.51. The first-order valence-corrected chi connectivity index (χ1v) is 9.00. The number of hydrogen-bond acceptors (Lipinski definition) is 3. The van der Waals surface area contributed by atoms with Gasteiger partial charge in [-0.3, -0.25) is 14.7 Å². The SMILES string of the molecule is CC.[B]c1ccc(CN2C(=O)C3=C(CCC(=C)C3)N3CCN=C23)cc1. The molecule has 0 atom stereocenters. The van der Waals surface area contributed by atoms with Crippen molar-refractivity contribution >= 4 is 25.2 Å². The largest absolute Gasteiger partial charge is 0.314 e. The predicted molar refractivity (Wildman–Crippen MR) is 103 cm³/mol. The Kier molecular flexibility index (Phi) is 5.12. The average molecular weight is 333 g/mol. The number of hydrogen-bond donors (Lipinski definition) is 0. The van der Waals surface area contributed by atoms with Gasteiger partial charge in [-0.2, -0.15) is 0 Å². The van der Waals surface area contributed by atoms with Crippen molar-refractivity contribution in [1.29, 1.82) is 0 Å². The van der Waals surface area contributed by atoms with Crippen molar-refractivity contribution in [2.45, 2.75) is 39.7 Å². The minimum Gasteiger partial charge on any atom is -0.314 e. The molecule has 4 rings (SSSR count). The number of carbonyl (C=O) groups excluding carboxylic acids is 1. The van der Waals surface area contributed by atoms with E-state index in [2.05, 4.69) is 16.5 Å². The number of fused-ring (bicyclic) bond motifs is 2. The lowest BCUT2D eigenvalue weighted by molar-refractivity contribution is -0.125. The van der Waals surface area contributed by atoms with Crippen LogP contribution in [0, 0.1) is 0 Å². The summed E-state index contributed by atoms with van der Waals surface area (Å²) in [7, 11) is 5.75. The number of aliphatic imine (C=N–C) groups is 1. The first kappa shape index (κ1) is 17.5. The molecule has 0 unspecified atom stereocenters. The molecule has 0 saturated heterocycles. The van der Waals surface area contributed by atoms with Gasteiger partial charge in [-0.25, -0.2) is 0 Å². The standard InChI is InChI=1S/C18H18BN3O.C2H6/c1-12-2-7-16-15(10-12)17(23)22(18-20-8-9-21(16)18)11-13-3-5-14(19)6-4-13;1-2/h3-6H,1-2,7-11H2;1-2H3. The molecule has 0 fully saturated rings. The Hall–Kier alpha value is -2.30. The second kappa shape index (κ2) is 7.30. The molecule has 0 spiro atoms. The number of allylic oxidation sites excluding steroid dienone is 2. The fourth-order valence-corrected chi connectivity index (χ4v) is 3.51. The summed E-state index contributed by atoms with van der Waals surface area (Å²) in [5.74, 6) is 0.882.